The van der Waals surface area contributed by atoms with E-state index in [0.717, 1.165) is 18.6 Å². The van der Waals surface area contributed by atoms with Crippen LogP contribution < -0.4 is 14.2 Å². The fourth-order valence-electron chi connectivity index (χ4n) is 3.64. The monoisotopic (exact) mass is 348 g/mol. The standard InChI is InChI=1S/C18H24N2O5/c1-20-13-5-6-14(20)10-12(9-13)19-25-18(21)11-7-15(22-2)17(24-4)16(8-11)23-3/h7-8,13-14H,5-6,9-10H2,1-4H3/t13-,14-/m0/s1. The number of hydrogen-bond acceptors (Lipinski definition) is 7. The normalized spacial score (nSPS) is 22.5. The highest BCUT2D eigenvalue weighted by molar-refractivity contribution is 5.92. The third-order valence-electron chi connectivity index (χ3n) is 5.09. The van der Waals surface area contributed by atoms with Gasteiger partial charge in [-0.3, -0.25) is 4.90 Å². The van der Waals surface area contributed by atoms with E-state index in [1.165, 1.54) is 34.2 Å². The molecule has 2 bridgehead atoms. The Morgan fingerprint density at radius 1 is 1.04 bits per heavy atom. The first-order valence-electron chi connectivity index (χ1n) is 8.36. The summed E-state index contributed by atoms with van der Waals surface area (Å²) >= 11 is 0. The molecule has 2 saturated heterocycles. The lowest BCUT2D eigenvalue weighted by atomic mass is 10.0. The number of fused-ring (bicyclic) bond motifs is 2. The van der Waals surface area contributed by atoms with Gasteiger partial charge in [-0.25, -0.2) is 4.79 Å². The van der Waals surface area contributed by atoms with Crippen molar-refractivity contribution in [3.63, 3.8) is 0 Å². The predicted octanol–water partition coefficient (Wildman–Crippen LogP) is 2.48. The zero-order chi connectivity index (χ0) is 18.0. The molecule has 25 heavy (non-hydrogen) atoms. The number of benzene rings is 1. The van der Waals surface area contributed by atoms with E-state index < -0.39 is 5.97 Å². The lowest BCUT2D eigenvalue weighted by molar-refractivity contribution is 0.0509. The van der Waals surface area contributed by atoms with Crippen LogP contribution >= 0.6 is 0 Å². The van der Waals surface area contributed by atoms with Gasteiger partial charge >= 0.3 is 5.97 Å². The maximum Gasteiger partial charge on any atom is 0.365 e. The number of oxime groups is 1. The largest absolute Gasteiger partial charge is 0.493 e. The average Bonchev–Trinajstić information content (AvgIpc) is 2.85. The number of piperidine rings is 1. The first-order chi connectivity index (χ1) is 12.1. The highest BCUT2D eigenvalue weighted by Gasteiger charge is 2.37. The van der Waals surface area contributed by atoms with Crippen molar-refractivity contribution in [3.8, 4) is 17.2 Å². The van der Waals surface area contributed by atoms with E-state index in [1.54, 1.807) is 12.1 Å². The Balaban J connectivity index is 1.74. The van der Waals surface area contributed by atoms with Crippen molar-refractivity contribution in [1.29, 1.82) is 0 Å². The van der Waals surface area contributed by atoms with Gasteiger partial charge in [0, 0.05) is 24.9 Å². The number of methoxy groups -OCH3 is 3. The first-order valence-corrected chi connectivity index (χ1v) is 8.36. The summed E-state index contributed by atoms with van der Waals surface area (Å²) < 4.78 is 15.8. The summed E-state index contributed by atoms with van der Waals surface area (Å²) in [5.74, 6) is 0.690. The predicted molar refractivity (Wildman–Crippen MR) is 92.8 cm³/mol. The van der Waals surface area contributed by atoms with Gasteiger partial charge in [-0.15, -0.1) is 0 Å². The van der Waals surface area contributed by atoms with Crippen LogP contribution in [0.15, 0.2) is 17.3 Å². The van der Waals surface area contributed by atoms with Crippen molar-refractivity contribution in [1.82, 2.24) is 4.90 Å². The SMILES string of the molecule is COc1cc(C(=O)ON=C2C[C@@H]3CC[C@@H](C2)N3C)cc(OC)c1OC. The Bertz CT molecular complexity index is 647. The van der Waals surface area contributed by atoms with E-state index in [0.29, 0.717) is 34.9 Å². The van der Waals surface area contributed by atoms with E-state index in [-0.39, 0.29) is 0 Å². The van der Waals surface area contributed by atoms with Crippen molar-refractivity contribution in [2.45, 2.75) is 37.8 Å². The second-order valence-corrected chi connectivity index (χ2v) is 6.41. The Hall–Kier alpha value is -2.28. The minimum Gasteiger partial charge on any atom is -0.493 e. The Morgan fingerprint density at radius 2 is 1.60 bits per heavy atom. The number of ether oxygens (including phenoxy) is 3. The van der Waals surface area contributed by atoms with Crippen LogP contribution in [0.3, 0.4) is 0 Å². The van der Waals surface area contributed by atoms with E-state index >= 15 is 0 Å². The molecule has 2 heterocycles. The summed E-state index contributed by atoms with van der Waals surface area (Å²) in [6.07, 6.45) is 4.08. The Morgan fingerprint density at radius 3 is 2.08 bits per heavy atom. The molecule has 0 spiro atoms. The summed E-state index contributed by atoms with van der Waals surface area (Å²) in [4.78, 5) is 20.0. The number of rotatable bonds is 5. The topological polar surface area (TPSA) is 69.6 Å². The van der Waals surface area contributed by atoms with Crippen LogP contribution in [0.1, 0.15) is 36.0 Å². The van der Waals surface area contributed by atoms with Crippen molar-refractivity contribution < 1.29 is 23.8 Å². The van der Waals surface area contributed by atoms with Crippen molar-refractivity contribution in [3.05, 3.63) is 17.7 Å². The van der Waals surface area contributed by atoms with Crippen LogP contribution in [0, 0.1) is 0 Å². The van der Waals surface area contributed by atoms with Gasteiger partial charge in [0.05, 0.1) is 32.6 Å². The minimum atomic E-state index is -0.543. The van der Waals surface area contributed by atoms with E-state index in [4.69, 9.17) is 19.0 Å². The lowest BCUT2D eigenvalue weighted by Crippen LogP contribution is -2.40. The fourth-order valence-corrected chi connectivity index (χ4v) is 3.64. The molecule has 2 fully saturated rings. The molecule has 0 aromatic heterocycles. The molecular formula is C18H24N2O5. The quantitative estimate of drug-likeness (QED) is 0.601. The summed E-state index contributed by atoms with van der Waals surface area (Å²) in [7, 11) is 6.67. The molecule has 0 aliphatic carbocycles. The molecule has 136 valence electrons. The summed E-state index contributed by atoms with van der Waals surface area (Å²) in [6.45, 7) is 0. The molecule has 0 N–H and O–H groups in total. The molecule has 2 aliphatic heterocycles. The first kappa shape index (κ1) is 17.5. The molecule has 0 unspecified atom stereocenters. The number of carbonyl (C=O) groups excluding carboxylic acids is 1. The van der Waals surface area contributed by atoms with Crippen LogP contribution in [-0.4, -0.2) is 57.0 Å². The highest BCUT2D eigenvalue weighted by atomic mass is 16.7. The van der Waals surface area contributed by atoms with Crippen LogP contribution in [0.4, 0.5) is 0 Å². The molecule has 3 rings (SSSR count). The van der Waals surface area contributed by atoms with Gasteiger partial charge < -0.3 is 19.0 Å². The fraction of sp³-hybridized carbons (Fsp3) is 0.556. The van der Waals surface area contributed by atoms with Crippen LogP contribution in [0.25, 0.3) is 0 Å². The van der Waals surface area contributed by atoms with Crippen LogP contribution in [0.2, 0.25) is 0 Å². The highest BCUT2D eigenvalue weighted by Crippen LogP contribution is 2.38. The average molecular weight is 348 g/mol. The van der Waals surface area contributed by atoms with Gasteiger partial charge in [-0.05, 0) is 32.0 Å². The number of hydrogen-bond donors (Lipinski definition) is 0. The van der Waals surface area contributed by atoms with E-state index in [1.807, 2.05) is 0 Å². The molecular weight excluding hydrogens is 324 g/mol. The van der Waals surface area contributed by atoms with Crippen molar-refractivity contribution in [2.75, 3.05) is 28.4 Å². The molecule has 7 nitrogen and oxygen atoms in total. The zero-order valence-electron chi connectivity index (χ0n) is 15.1. The van der Waals surface area contributed by atoms with Crippen molar-refractivity contribution in [2.24, 2.45) is 5.16 Å². The molecule has 2 aliphatic rings. The molecule has 1 aromatic carbocycles. The third-order valence-corrected chi connectivity index (χ3v) is 5.09. The van der Waals surface area contributed by atoms with Gasteiger partial charge in [-0.1, -0.05) is 5.16 Å². The third kappa shape index (κ3) is 3.42. The zero-order valence-corrected chi connectivity index (χ0v) is 15.1. The summed E-state index contributed by atoms with van der Waals surface area (Å²) in [5.41, 5.74) is 1.25. The second-order valence-electron chi connectivity index (χ2n) is 6.41. The smallest absolute Gasteiger partial charge is 0.365 e. The Labute approximate surface area is 147 Å². The number of nitrogens with zero attached hydrogens (tertiary/aromatic N) is 2. The maximum atomic E-state index is 12.4. The van der Waals surface area contributed by atoms with Crippen LogP contribution in [-0.2, 0) is 4.84 Å². The van der Waals surface area contributed by atoms with E-state index in [2.05, 4.69) is 17.1 Å². The van der Waals surface area contributed by atoms with Gasteiger partial charge in [0.2, 0.25) is 5.75 Å². The minimum absolute atomic E-state index is 0.301. The Kier molecular flexibility index (Phi) is 5.13. The van der Waals surface area contributed by atoms with Gasteiger partial charge in [0.25, 0.3) is 0 Å². The summed E-state index contributed by atoms with van der Waals surface area (Å²) in [6, 6.07) is 4.14. The van der Waals surface area contributed by atoms with Crippen LogP contribution in [0.5, 0.6) is 17.2 Å². The molecule has 0 radical (unpaired) electrons. The van der Waals surface area contributed by atoms with Gasteiger partial charge in [0.15, 0.2) is 11.5 Å². The molecule has 2 atom stereocenters. The maximum absolute atomic E-state index is 12.4. The molecule has 7 heteroatoms. The lowest BCUT2D eigenvalue weighted by Gasteiger charge is -2.31. The summed E-state index contributed by atoms with van der Waals surface area (Å²) in [5, 5.41) is 4.12. The van der Waals surface area contributed by atoms with Gasteiger partial charge in [-0.2, -0.15) is 0 Å². The van der Waals surface area contributed by atoms with Gasteiger partial charge in [0.1, 0.15) is 0 Å². The second kappa shape index (κ2) is 7.31. The van der Waals surface area contributed by atoms with Crippen molar-refractivity contribution >= 4 is 11.7 Å². The van der Waals surface area contributed by atoms with E-state index in [9.17, 15) is 4.79 Å². The molecule has 1 aromatic rings. The molecule has 0 amide bonds. The number of carbonyl (C=O) groups is 1. The molecule has 0 saturated carbocycles.